The third-order valence-corrected chi connectivity index (χ3v) is 2.84. The summed E-state index contributed by atoms with van der Waals surface area (Å²) >= 11 is 0. The second-order valence-corrected chi connectivity index (χ2v) is 4.14. The van der Waals surface area contributed by atoms with Crippen molar-refractivity contribution >= 4 is 10.8 Å². The summed E-state index contributed by atoms with van der Waals surface area (Å²) in [4.78, 5) is 4.10. The molecule has 0 saturated carbocycles. The zero-order valence-electron chi connectivity index (χ0n) is 9.85. The molecular formula is C13H12N4O. The van der Waals surface area contributed by atoms with E-state index in [4.69, 9.17) is 0 Å². The van der Waals surface area contributed by atoms with Gasteiger partial charge in [-0.3, -0.25) is 4.98 Å². The molecule has 0 amide bonds. The molecule has 1 N–H and O–H groups in total. The van der Waals surface area contributed by atoms with Crippen molar-refractivity contribution in [3.63, 3.8) is 0 Å². The Hall–Kier alpha value is -2.27. The molecule has 0 bridgehead atoms. The summed E-state index contributed by atoms with van der Waals surface area (Å²) in [6.45, 7) is 1.67. The highest BCUT2D eigenvalue weighted by atomic mass is 16.3. The number of aliphatic hydroxyl groups is 1. The number of pyridine rings is 1. The Bertz CT molecular complexity index is 685. The lowest BCUT2D eigenvalue weighted by Gasteiger charge is -2.04. The Morgan fingerprint density at radius 3 is 2.94 bits per heavy atom. The van der Waals surface area contributed by atoms with Crippen molar-refractivity contribution in [3.8, 4) is 5.69 Å². The third kappa shape index (κ3) is 1.74. The molecular weight excluding hydrogens is 228 g/mol. The molecule has 0 aliphatic rings. The van der Waals surface area contributed by atoms with E-state index in [9.17, 15) is 5.11 Å². The number of nitrogens with zero attached hydrogens (tertiary/aromatic N) is 4. The van der Waals surface area contributed by atoms with Gasteiger partial charge in [-0.05, 0) is 19.1 Å². The quantitative estimate of drug-likeness (QED) is 0.742. The second kappa shape index (κ2) is 4.19. The monoisotopic (exact) mass is 240 g/mol. The molecule has 0 fully saturated rings. The Morgan fingerprint density at radius 1 is 1.28 bits per heavy atom. The van der Waals surface area contributed by atoms with Crippen molar-refractivity contribution in [1.82, 2.24) is 20.0 Å². The summed E-state index contributed by atoms with van der Waals surface area (Å²) in [7, 11) is 0. The summed E-state index contributed by atoms with van der Waals surface area (Å²) in [5.74, 6) is 0. The first-order chi connectivity index (χ1) is 8.75. The lowest BCUT2D eigenvalue weighted by Crippen LogP contribution is -1.96. The van der Waals surface area contributed by atoms with Crippen molar-refractivity contribution in [2.75, 3.05) is 0 Å². The Labute approximate surface area is 104 Å². The van der Waals surface area contributed by atoms with Gasteiger partial charge in [0.15, 0.2) is 0 Å². The Morgan fingerprint density at radius 2 is 2.17 bits per heavy atom. The van der Waals surface area contributed by atoms with Gasteiger partial charge in [0, 0.05) is 23.2 Å². The van der Waals surface area contributed by atoms with Gasteiger partial charge < -0.3 is 5.11 Å². The highest BCUT2D eigenvalue weighted by Gasteiger charge is 2.09. The first-order valence-electron chi connectivity index (χ1n) is 5.69. The zero-order chi connectivity index (χ0) is 12.5. The molecule has 5 heteroatoms. The van der Waals surface area contributed by atoms with Gasteiger partial charge in [0.2, 0.25) is 0 Å². The van der Waals surface area contributed by atoms with Gasteiger partial charge >= 0.3 is 0 Å². The van der Waals surface area contributed by atoms with Crippen molar-refractivity contribution in [1.29, 1.82) is 0 Å². The first-order valence-corrected chi connectivity index (χ1v) is 5.69. The number of benzene rings is 1. The molecule has 0 spiro atoms. The van der Waals surface area contributed by atoms with Crippen molar-refractivity contribution < 1.29 is 5.11 Å². The van der Waals surface area contributed by atoms with Crippen LogP contribution in [0, 0.1) is 0 Å². The first kappa shape index (κ1) is 10.9. The topological polar surface area (TPSA) is 63.8 Å². The van der Waals surface area contributed by atoms with Gasteiger partial charge in [-0.1, -0.05) is 17.3 Å². The van der Waals surface area contributed by atoms with Crippen molar-refractivity contribution in [2.24, 2.45) is 0 Å². The highest BCUT2D eigenvalue weighted by Crippen LogP contribution is 2.21. The average Bonchev–Trinajstić information content (AvgIpc) is 2.87. The number of rotatable bonds is 2. The highest BCUT2D eigenvalue weighted by molar-refractivity contribution is 5.89. The Balaban J connectivity index is 2.18. The normalized spacial score (nSPS) is 12.8. The number of aliphatic hydroxyl groups excluding tert-OH is 1. The van der Waals surface area contributed by atoms with Crippen LogP contribution in [0.2, 0.25) is 0 Å². The minimum Gasteiger partial charge on any atom is -0.387 e. The Kier molecular flexibility index (Phi) is 2.53. The average molecular weight is 240 g/mol. The van der Waals surface area contributed by atoms with E-state index in [0.29, 0.717) is 5.69 Å². The van der Waals surface area contributed by atoms with Gasteiger partial charge in [0.05, 0.1) is 18.0 Å². The molecule has 0 aliphatic carbocycles. The molecule has 3 aromatic rings. The second-order valence-electron chi connectivity index (χ2n) is 4.14. The summed E-state index contributed by atoms with van der Waals surface area (Å²) in [6, 6.07) is 7.85. The molecule has 0 radical (unpaired) electrons. The maximum absolute atomic E-state index is 9.47. The lowest BCUT2D eigenvalue weighted by molar-refractivity contribution is 0.194. The van der Waals surface area contributed by atoms with Gasteiger partial charge in [0.25, 0.3) is 0 Å². The van der Waals surface area contributed by atoms with Crippen LogP contribution < -0.4 is 0 Å². The van der Waals surface area contributed by atoms with Crippen molar-refractivity contribution in [3.05, 3.63) is 48.5 Å². The molecule has 2 heterocycles. The molecule has 1 aromatic carbocycles. The van der Waals surface area contributed by atoms with E-state index in [0.717, 1.165) is 16.5 Å². The SMILES string of the molecule is CC(O)c1cn(-c2cccc3cnccc23)nn1. The van der Waals surface area contributed by atoms with Gasteiger partial charge in [-0.25, -0.2) is 4.68 Å². The molecule has 0 saturated heterocycles. The number of hydrogen-bond acceptors (Lipinski definition) is 4. The van der Waals surface area contributed by atoms with Crippen LogP contribution in [0.3, 0.4) is 0 Å². The molecule has 5 nitrogen and oxygen atoms in total. The van der Waals surface area contributed by atoms with Crippen LogP contribution in [0.4, 0.5) is 0 Å². The molecule has 18 heavy (non-hydrogen) atoms. The van der Waals surface area contributed by atoms with E-state index in [-0.39, 0.29) is 0 Å². The maximum Gasteiger partial charge on any atom is 0.111 e. The molecule has 3 rings (SSSR count). The van der Waals surface area contributed by atoms with E-state index in [1.54, 1.807) is 24.0 Å². The number of aromatic nitrogens is 4. The van der Waals surface area contributed by atoms with E-state index < -0.39 is 6.10 Å². The van der Waals surface area contributed by atoms with Crippen molar-refractivity contribution in [2.45, 2.75) is 13.0 Å². The van der Waals surface area contributed by atoms with E-state index in [2.05, 4.69) is 15.3 Å². The predicted molar refractivity (Wildman–Crippen MR) is 67.3 cm³/mol. The molecule has 1 atom stereocenters. The van der Waals surface area contributed by atoms with Gasteiger partial charge in [0.1, 0.15) is 5.69 Å². The summed E-state index contributed by atoms with van der Waals surface area (Å²) in [5, 5.41) is 19.6. The fourth-order valence-electron chi connectivity index (χ4n) is 1.89. The lowest BCUT2D eigenvalue weighted by atomic mass is 10.1. The van der Waals surface area contributed by atoms with Crippen LogP contribution in [-0.4, -0.2) is 25.1 Å². The van der Waals surface area contributed by atoms with Crippen LogP contribution in [0.25, 0.3) is 16.5 Å². The molecule has 90 valence electrons. The fourth-order valence-corrected chi connectivity index (χ4v) is 1.89. The minimum absolute atomic E-state index is 0.557. The minimum atomic E-state index is -0.615. The van der Waals surface area contributed by atoms with Crippen LogP contribution in [0.1, 0.15) is 18.7 Å². The van der Waals surface area contributed by atoms with Gasteiger partial charge in [-0.2, -0.15) is 0 Å². The predicted octanol–water partition coefficient (Wildman–Crippen LogP) is 1.87. The third-order valence-electron chi connectivity index (χ3n) is 2.84. The number of hydrogen-bond donors (Lipinski definition) is 1. The standard InChI is InChI=1S/C13H12N4O/c1-9(18)12-8-17(16-15-12)13-4-2-3-10-7-14-6-5-11(10)13/h2-9,18H,1H3. The van der Waals surface area contributed by atoms with Gasteiger partial charge in [-0.15, -0.1) is 5.10 Å². The molecule has 1 unspecified atom stereocenters. The van der Waals surface area contributed by atoms with Crippen LogP contribution >= 0.6 is 0 Å². The van der Waals surface area contributed by atoms with Crippen LogP contribution in [0.5, 0.6) is 0 Å². The van der Waals surface area contributed by atoms with Crippen LogP contribution in [0.15, 0.2) is 42.9 Å². The summed E-state index contributed by atoms with van der Waals surface area (Å²) in [6.07, 6.45) is 4.68. The zero-order valence-corrected chi connectivity index (χ0v) is 9.85. The van der Waals surface area contributed by atoms with E-state index in [1.165, 1.54) is 0 Å². The number of fused-ring (bicyclic) bond motifs is 1. The summed E-state index contributed by atoms with van der Waals surface area (Å²) in [5.41, 5.74) is 1.48. The molecule has 2 aromatic heterocycles. The van der Waals surface area contributed by atoms with E-state index >= 15 is 0 Å². The fraction of sp³-hybridized carbons (Fsp3) is 0.154. The summed E-state index contributed by atoms with van der Waals surface area (Å²) < 4.78 is 1.67. The van der Waals surface area contributed by atoms with E-state index in [1.807, 2.05) is 30.5 Å². The smallest absolute Gasteiger partial charge is 0.111 e. The van der Waals surface area contributed by atoms with Crippen LogP contribution in [-0.2, 0) is 0 Å². The molecule has 0 aliphatic heterocycles. The largest absolute Gasteiger partial charge is 0.387 e. The maximum atomic E-state index is 9.47.